The van der Waals surface area contributed by atoms with Crippen molar-refractivity contribution in [2.24, 2.45) is 0 Å². The molecule has 0 aromatic heterocycles. The second-order valence-corrected chi connectivity index (χ2v) is 5.22. The highest BCUT2D eigenvalue weighted by Crippen LogP contribution is 2.24. The van der Waals surface area contributed by atoms with Crippen LogP contribution >= 0.6 is 0 Å². The molecule has 0 radical (unpaired) electrons. The van der Waals surface area contributed by atoms with Gasteiger partial charge in [-0.1, -0.05) is 12.1 Å². The Bertz CT molecular complexity index is 568. The van der Waals surface area contributed by atoms with Crippen molar-refractivity contribution < 1.29 is 23.7 Å². The summed E-state index contributed by atoms with van der Waals surface area (Å²) in [5.74, 6) is -3.37. The standard InChI is InChI=1S/C11H9NO5S/c13-8(14)5-18(17)10-9(15)6-3-1-2-4-7(6)12-11(10)16/h1-4,10H,5H2,(H,12,16)(H,13,14). The maximum Gasteiger partial charge on any atom is 0.316 e. The van der Waals surface area contributed by atoms with Crippen LogP contribution in [0.25, 0.3) is 0 Å². The molecule has 2 N–H and O–H groups in total. The summed E-state index contributed by atoms with van der Waals surface area (Å²) >= 11 is 0. The monoisotopic (exact) mass is 267 g/mol. The summed E-state index contributed by atoms with van der Waals surface area (Å²) in [4.78, 5) is 34.2. The molecule has 0 fully saturated rings. The van der Waals surface area contributed by atoms with Crippen molar-refractivity contribution in [3.8, 4) is 0 Å². The van der Waals surface area contributed by atoms with Gasteiger partial charge >= 0.3 is 5.97 Å². The highest BCUT2D eigenvalue weighted by atomic mass is 32.2. The van der Waals surface area contributed by atoms with E-state index < -0.39 is 39.5 Å². The summed E-state index contributed by atoms with van der Waals surface area (Å²) in [5.41, 5.74) is 0.608. The molecule has 0 aliphatic carbocycles. The number of aliphatic carboxylic acids is 1. The van der Waals surface area contributed by atoms with Gasteiger partial charge in [0, 0.05) is 5.56 Å². The molecule has 0 spiro atoms. The van der Waals surface area contributed by atoms with Crippen LogP contribution in [0.5, 0.6) is 0 Å². The molecule has 0 saturated carbocycles. The quantitative estimate of drug-likeness (QED) is 0.752. The first kappa shape index (κ1) is 12.4. The van der Waals surface area contributed by atoms with Gasteiger partial charge in [-0.3, -0.25) is 18.6 Å². The van der Waals surface area contributed by atoms with E-state index in [0.717, 1.165) is 0 Å². The lowest BCUT2D eigenvalue weighted by Crippen LogP contribution is -2.44. The van der Waals surface area contributed by atoms with Crippen LogP contribution in [0.4, 0.5) is 5.69 Å². The number of carboxylic acids is 1. The molecule has 2 atom stereocenters. The first-order valence-electron chi connectivity index (χ1n) is 5.04. The number of hydrogen-bond donors (Lipinski definition) is 2. The molecule has 1 aromatic carbocycles. The summed E-state index contributed by atoms with van der Waals surface area (Å²) in [7, 11) is -2.07. The van der Waals surface area contributed by atoms with Gasteiger partial charge in [-0.25, -0.2) is 0 Å². The number of hydrogen-bond acceptors (Lipinski definition) is 4. The number of anilines is 1. The summed E-state index contributed by atoms with van der Waals surface area (Å²) in [6, 6.07) is 6.33. The molecule has 94 valence electrons. The third-order valence-corrected chi connectivity index (χ3v) is 3.94. The Balaban J connectivity index is 2.35. The van der Waals surface area contributed by atoms with Gasteiger partial charge in [0.15, 0.2) is 11.0 Å². The highest BCUT2D eigenvalue weighted by molar-refractivity contribution is 7.88. The molecule has 1 heterocycles. The number of Topliss-reactive ketones (excluding diaryl/α,β-unsaturated/α-hetero) is 1. The number of rotatable bonds is 3. The van der Waals surface area contributed by atoms with Gasteiger partial charge in [-0.05, 0) is 12.1 Å². The average Bonchev–Trinajstić information content (AvgIpc) is 2.27. The van der Waals surface area contributed by atoms with Crippen LogP contribution in [0, 0.1) is 0 Å². The number of carbonyl (C=O) groups excluding carboxylic acids is 2. The lowest BCUT2D eigenvalue weighted by molar-refractivity contribution is -0.133. The molecule has 1 amide bonds. The topological polar surface area (TPSA) is 101 Å². The van der Waals surface area contributed by atoms with Gasteiger partial charge in [-0.15, -0.1) is 0 Å². The summed E-state index contributed by atoms with van der Waals surface area (Å²) in [5, 5.41) is 9.55. The molecule has 0 bridgehead atoms. The predicted molar refractivity (Wildman–Crippen MR) is 63.8 cm³/mol. The minimum absolute atomic E-state index is 0.251. The Labute approximate surface area is 104 Å². The van der Waals surface area contributed by atoms with Crippen molar-refractivity contribution in [3.63, 3.8) is 0 Å². The van der Waals surface area contributed by atoms with Gasteiger partial charge in [0.2, 0.25) is 5.91 Å². The van der Waals surface area contributed by atoms with Crippen molar-refractivity contribution in [3.05, 3.63) is 29.8 Å². The molecule has 18 heavy (non-hydrogen) atoms. The molecule has 6 nitrogen and oxygen atoms in total. The normalized spacial score (nSPS) is 19.9. The Morgan fingerprint density at radius 1 is 1.33 bits per heavy atom. The number of benzene rings is 1. The molecular weight excluding hydrogens is 258 g/mol. The van der Waals surface area contributed by atoms with Gasteiger partial charge in [-0.2, -0.15) is 0 Å². The number of ketones is 1. The number of carboxylic acid groups (broad SMARTS) is 1. The third kappa shape index (κ3) is 2.17. The van der Waals surface area contributed by atoms with Gasteiger partial charge in [0.1, 0.15) is 5.75 Å². The number of fused-ring (bicyclic) bond motifs is 1. The molecule has 7 heteroatoms. The maximum absolute atomic E-state index is 12.0. The zero-order valence-electron chi connectivity index (χ0n) is 9.08. The number of nitrogens with one attached hydrogen (secondary N) is 1. The summed E-state index contributed by atoms with van der Waals surface area (Å²) in [6.45, 7) is 0. The van der Waals surface area contributed by atoms with Crippen LogP contribution in [0.2, 0.25) is 0 Å². The van der Waals surface area contributed by atoms with E-state index in [-0.39, 0.29) is 5.56 Å². The zero-order chi connectivity index (χ0) is 13.3. The second kappa shape index (κ2) is 4.69. The fourth-order valence-corrected chi connectivity index (χ4v) is 2.78. The van der Waals surface area contributed by atoms with Gasteiger partial charge in [0.25, 0.3) is 0 Å². The Hall–Kier alpha value is -2.02. The van der Waals surface area contributed by atoms with E-state index in [1.165, 1.54) is 6.07 Å². The minimum Gasteiger partial charge on any atom is -0.481 e. The second-order valence-electron chi connectivity index (χ2n) is 3.70. The van der Waals surface area contributed by atoms with Gasteiger partial charge in [0.05, 0.1) is 16.5 Å². The molecule has 2 unspecified atom stereocenters. The van der Waals surface area contributed by atoms with Crippen LogP contribution in [0.15, 0.2) is 24.3 Å². The van der Waals surface area contributed by atoms with Crippen molar-refractivity contribution in [1.82, 2.24) is 0 Å². The molecule has 0 saturated heterocycles. The third-order valence-electron chi connectivity index (χ3n) is 2.46. The highest BCUT2D eigenvalue weighted by Gasteiger charge is 2.39. The summed E-state index contributed by atoms with van der Waals surface area (Å²) in [6.07, 6.45) is 0. The molecular formula is C11H9NO5S. The molecule has 2 rings (SSSR count). The van der Waals surface area contributed by atoms with Crippen molar-refractivity contribution in [2.75, 3.05) is 11.1 Å². The first-order chi connectivity index (χ1) is 8.50. The van der Waals surface area contributed by atoms with Crippen molar-refractivity contribution in [1.29, 1.82) is 0 Å². The largest absolute Gasteiger partial charge is 0.481 e. The Kier molecular flexibility index (Phi) is 3.24. The van der Waals surface area contributed by atoms with Crippen LogP contribution in [-0.2, 0) is 20.4 Å². The van der Waals surface area contributed by atoms with E-state index in [0.29, 0.717) is 5.69 Å². The van der Waals surface area contributed by atoms with Crippen molar-refractivity contribution >= 4 is 34.1 Å². The fourth-order valence-electron chi connectivity index (χ4n) is 1.71. The van der Waals surface area contributed by atoms with E-state index in [2.05, 4.69) is 5.32 Å². The number of amides is 1. The number of para-hydroxylation sites is 1. The van der Waals surface area contributed by atoms with Crippen molar-refractivity contribution in [2.45, 2.75) is 5.25 Å². The average molecular weight is 267 g/mol. The van der Waals surface area contributed by atoms with Crippen LogP contribution in [0.1, 0.15) is 10.4 Å². The van der Waals surface area contributed by atoms with Gasteiger partial charge < -0.3 is 10.4 Å². The van der Waals surface area contributed by atoms with Crippen LogP contribution < -0.4 is 5.32 Å². The molecule has 1 aromatic rings. The predicted octanol–water partition coefficient (Wildman–Crippen LogP) is 0.0233. The smallest absolute Gasteiger partial charge is 0.316 e. The Morgan fingerprint density at radius 2 is 2.00 bits per heavy atom. The van der Waals surface area contributed by atoms with E-state index in [1.807, 2.05) is 0 Å². The minimum atomic E-state index is -2.07. The lowest BCUT2D eigenvalue weighted by Gasteiger charge is -2.22. The fraction of sp³-hybridized carbons (Fsp3) is 0.182. The molecule has 1 aliphatic heterocycles. The summed E-state index contributed by atoms with van der Waals surface area (Å²) < 4.78 is 11.7. The van der Waals surface area contributed by atoms with Crippen LogP contribution in [-0.4, -0.2) is 38.0 Å². The Morgan fingerprint density at radius 3 is 2.67 bits per heavy atom. The van der Waals surface area contributed by atoms with E-state index in [1.54, 1.807) is 18.2 Å². The lowest BCUT2D eigenvalue weighted by atomic mass is 10.0. The van der Waals surface area contributed by atoms with E-state index >= 15 is 0 Å². The first-order valence-corrected chi connectivity index (χ1v) is 6.42. The van der Waals surface area contributed by atoms with E-state index in [9.17, 15) is 18.6 Å². The zero-order valence-corrected chi connectivity index (χ0v) is 9.90. The molecule has 1 aliphatic rings. The van der Waals surface area contributed by atoms with E-state index in [4.69, 9.17) is 5.11 Å². The number of carbonyl (C=O) groups is 3. The van der Waals surface area contributed by atoms with Crippen LogP contribution in [0.3, 0.4) is 0 Å². The SMILES string of the molecule is O=C(O)CS(=O)C1C(=O)Nc2ccccc2C1=O. The maximum atomic E-state index is 12.0.